The minimum Gasteiger partial charge on any atom is -0.476 e. The van der Waals surface area contributed by atoms with E-state index in [-0.39, 0.29) is 36.5 Å². The Morgan fingerprint density at radius 1 is 1.33 bits per heavy atom. The number of carboxylic acid groups (broad SMARTS) is 1. The number of oxime groups is 1. The summed E-state index contributed by atoms with van der Waals surface area (Å²) in [5, 5.41) is 15.6. The zero-order valence-electron chi connectivity index (χ0n) is 16.4. The quantitative estimate of drug-likeness (QED) is 0.461. The zero-order valence-corrected chi connectivity index (χ0v) is 17.3. The summed E-state index contributed by atoms with van der Waals surface area (Å²) in [6.07, 6.45) is -0.130. The Morgan fingerprint density at radius 2 is 1.93 bits per heavy atom. The summed E-state index contributed by atoms with van der Waals surface area (Å²) in [4.78, 5) is 34.3. The van der Waals surface area contributed by atoms with Crippen LogP contribution in [-0.2, 0) is 23.9 Å². The van der Waals surface area contributed by atoms with Crippen LogP contribution in [0.25, 0.3) is 0 Å². The third kappa shape index (κ3) is 5.49. The van der Waals surface area contributed by atoms with Crippen molar-refractivity contribution in [2.75, 3.05) is 0 Å². The van der Waals surface area contributed by atoms with Crippen molar-refractivity contribution < 1.29 is 29.0 Å². The van der Waals surface area contributed by atoms with Crippen molar-refractivity contribution in [3.8, 4) is 0 Å². The maximum Gasteiger partial charge on any atom is 0.360 e. The Labute approximate surface area is 162 Å². The van der Waals surface area contributed by atoms with Crippen molar-refractivity contribution in [2.24, 2.45) is 5.16 Å². The Kier molecular flexibility index (Phi) is 6.26. The molecule has 1 aromatic rings. The Balaban J connectivity index is 2.38. The molecule has 1 aromatic heterocycles. The summed E-state index contributed by atoms with van der Waals surface area (Å²) in [6, 6.07) is 0. The molecule has 1 aliphatic heterocycles. The first-order valence-electron chi connectivity index (χ1n) is 8.73. The first-order valence-corrected chi connectivity index (χ1v) is 9.61. The van der Waals surface area contributed by atoms with Gasteiger partial charge in [0.15, 0.2) is 0 Å². The summed E-state index contributed by atoms with van der Waals surface area (Å²) in [6.45, 7) is 10.7. The third-order valence-corrected chi connectivity index (χ3v) is 4.62. The molecule has 27 heavy (non-hydrogen) atoms. The lowest BCUT2D eigenvalue weighted by atomic mass is 9.87. The molecular weight excluding hydrogens is 372 g/mol. The average molecular weight is 398 g/mol. The monoisotopic (exact) mass is 398 g/mol. The number of aryl methyl sites for hydroxylation is 1. The molecule has 1 N–H and O–H groups in total. The van der Waals surface area contributed by atoms with E-state index < -0.39 is 23.1 Å². The lowest BCUT2D eigenvalue weighted by Crippen LogP contribution is -2.52. The molecule has 1 aliphatic rings. The minimum atomic E-state index is -1.42. The fourth-order valence-electron chi connectivity index (χ4n) is 2.95. The van der Waals surface area contributed by atoms with E-state index >= 15 is 0 Å². The molecule has 2 heterocycles. The van der Waals surface area contributed by atoms with Crippen LogP contribution in [0.1, 0.15) is 58.2 Å². The molecule has 0 spiro atoms. The number of carbonyl (C=O) groups is 2. The number of esters is 1. The summed E-state index contributed by atoms with van der Waals surface area (Å²) in [5.74, 6) is -1.87. The number of aliphatic carboxylic acids is 1. The predicted octanol–water partition coefficient (Wildman–Crippen LogP) is 2.92. The molecular formula is C18H26N2O6S. The maximum atomic E-state index is 12.9. The zero-order chi connectivity index (χ0) is 20.4. The van der Waals surface area contributed by atoms with E-state index in [1.165, 1.54) is 11.3 Å². The highest BCUT2D eigenvalue weighted by Crippen LogP contribution is 2.35. The summed E-state index contributed by atoms with van der Waals surface area (Å²) >= 11 is 1.30. The molecule has 8 nitrogen and oxygen atoms in total. The normalized spacial score (nSPS) is 26.5. The molecule has 0 aliphatic carbocycles. The molecule has 150 valence electrons. The highest BCUT2D eigenvalue weighted by atomic mass is 32.1. The lowest BCUT2D eigenvalue weighted by Gasteiger charge is -2.40. The highest BCUT2D eigenvalue weighted by Gasteiger charge is 2.50. The van der Waals surface area contributed by atoms with Crippen LogP contribution in [0.2, 0.25) is 0 Å². The minimum absolute atomic E-state index is 0.192. The maximum absolute atomic E-state index is 12.9. The van der Waals surface area contributed by atoms with Gasteiger partial charge < -0.3 is 19.4 Å². The Bertz CT molecular complexity index is 726. The Morgan fingerprint density at radius 3 is 2.37 bits per heavy atom. The second-order valence-electron chi connectivity index (χ2n) is 7.75. The molecule has 0 aromatic carbocycles. The van der Waals surface area contributed by atoms with Gasteiger partial charge in [-0.1, -0.05) is 5.16 Å². The van der Waals surface area contributed by atoms with Crippen molar-refractivity contribution in [2.45, 2.75) is 77.8 Å². The van der Waals surface area contributed by atoms with Gasteiger partial charge in [0, 0.05) is 18.2 Å². The molecule has 0 saturated carbocycles. The largest absolute Gasteiger partial charge is 0.476 e. The molecule has 0 radical (unpaired) electrons. The highest BCUT2D eigenvalue weighted by molar-refractivity contribution is 7.09. The number of thiazole rings is 1. The van der Waals surface area contributed by atoms with Crippen LogP contribution >= 0.6 is 11.3 Å². The number of nitrogens with zero attached hydrogens (tertiary/aromatic N) is 2. The van der Waals surface area contributed by atoms with E-state index in [0.29, 0.717) is 5.01 Å². The number of carbonyl (C=O) groups excluding carboxylic acids is 1. The van der Waals surface area contributed by atoms with E-state index in [2.05, 4.69) is 10.1 Å². The number of aromatic nitrogens is 1. The second kappa shape index (κ2) is 7.93. The van der Waals surface area contributed by atoms with Gasteiger partial charge >= 0.3 is 11.9 Å². The second-order valence-corrected chi connectivity index (χ2v) is 8.81. The third-order valence-electron chi connectivity index (χ3n) is 3.85. The van der Waals surface area contributed by atoms with Gasteiger partial charge in [-0.15, -0.1) is 11.3 Å². The average Bonchev–Trinajstić information content (AvgIpc) is 2.90. The van der Waals surface area contributed by atoms with E-state index in [1.807, 2.05) is 13.8 Å². The topological polar surface area (TPSA) is 107 Å². The van der Waals surface area contributed by atoms with Crippen molar-refractivity contribution >= 4 is 29.0 Å². The van der Waals surface area contributed by atoms with E-state index in [9.17, 15) is 14.7 Å². The van der Waals surface area contributed by atoms with E-state index in [1.54, 1.807) is 33.1 Å². The molecule has 0 bridgehead atoms. The molecule has 9 heteroatoms. The van der Waals surface area contributed by atoms with Crippen molar-refractivity contribution in [1.29, 1.82) is 0 Å². The smallest absolute Gasteiger partial charge is 0.360 e. The standard InChI is InChI=1S/C18H26N2O6S/c1-10-7-18(8-11(2)24-10,16(23)25-17(4,5)6)26-20-14(15(21)22)13-9-27-12(3)19-13/h9-11H,7-8H2,1-6H3,(H,21,22)/b20-14-/t10-,11-/m1/s1. The van der Waals surface area contributed by atoms with Crippen LogP contribution in [0.4, 0.5) is 0 Å². The first-order chi connectivity index (χ1) is 12.4. The molecule has 1 fully saturated rings. The van der Waals surface area contributed by atoms with Crippen molar-refractivity contribution in [3.63, 3.8) is 0 Å². The number of rotatable bonds is 5. The van der Waals surface area contributed by atoms with E-state index in [0.717, 1.165) is 0 Å². The predicted molar refractivity (Wildman–Crippen MR) is 99.9 cm³/mol. The fourth-order valence-corrected chi connectivity index (χ4v) is 3.55. The molecule has 1 saturated heterocycles. The van der Waals surface area contributed by atoms with Gasteiger partial charge in [0.05, 0.1) is 17.2 Å². The summed E-state index contributed by atoms with van der Waals surface area (Å²) < 4.78 is 11.2. The molecule has 2 rings (SSSR count). The van der Waals surface area contributed by atoms with Gasteiger partial charge in [0.2, 0.25) is 11.3 Å². The SMILES string of the molecule is Cc1nc(/C(=N/OC2(C(=O)OC(C)(C)C)C[C@@H](C)O[C@H](C)C2)C(=O)O)cs1. The van der Waals surface area contributed by atoms with Gasteiger partial charge in [0.25, 0.3) is 0 Å². The van der Waals surface area contributed by atoms with Gasteiger partial charge in [0.1, 0.15) is 11.3 Å². The van der Waals surface area contributed by atoms with Crippen LogP contribution in [0.5, 0.6) is 0 Å². The van der Waals surface area contributed by atoms with Crippen molar-refractivity contribution in [1.82, 2.24) is 4.98 Å². The fraction of sp³-hybridized carbons (Fsp3) is 0.667. The van der Waals surface area contributed by atoms with Gasteiger partial charge in [-0.25, -0.2) is 14.6 Å². The molecule has 2 atom stereocenters. The summed E-state index contributed by atoms with van der Waals surface area (Å²) in [5.41, 5.74) is -2.30. The number of hydrogen-bond acceptors (Lipinski definition) is 8. The lowest BCUT2D eigenvalue weighted by molar-refractivity contribution is -0.208. The molecule has 0 unspecified atom stereocenters. The van der Waals surface area contributed by atoms with Crippen LogP contribution in [0.3, 0.4) is 0 Å². The number of hydrogen-bond donors (Lipinski definition) is 1. The van der Waals surface area contributed by atoms with Gasteiger partial charge in [-0.2, -0.15) is 0 Å². The molecule has 0 amide bonds. The number of ether oxygens (including phenoxy) is 2. The van der Waals surface area contributed by atoms with Crippen LogP contribution in [0.15, 0.2) is 10.5 Å². The summed E-state index contributed by atoms with van der Waals surface area (Å²) in [7, 11) is 0. The van der Waals surface area contributed by atoms with Crippen LogP contribution in [0, 0.1) is 6.92 Å². The van der Waals surface area contributed by atoms with Crippen LogP contribution < -0.4 is 0 Å². The first kappa shape index (κ1) is 21.3. The van der Waals surface area contributed by atoms with Gasteiger partial charge in [-0.3, -0.25) is 0 Å². The van der Waals surface area contributed by atoms with Gasteiger partial charge in [-0.05, 0) is 41.5 Å². The van der Waals surface area contributed by atoms with Crippen molar-refractivity contribution in [3.05, 3.63) is 16.1 Å². The van der Waals surface area contributed by atoms with Crippen LogP contribution in [-0.4, -0.2) is 51.2 Å². The number of carboxylic acids is 1. The Hall–Kier alpha value is -2.00. The van der Waals surface area contributed by atoms with E-state index in [4.69, 9.17) is 14.3 Å².